The van der Waals surface area contributed by atoms with Crippen LogP contribution in [0.4, 0.5) is 0 Å². The molecule has 1 rings (SSSR count). The van der Waals surface area contributed by atoms with Gasteiger partial charge in [0.15, 0.2) is 0 Å². The standard InChI is InChI=1S/C8H15NO2/c1-6(7-2-3-7)9-5-4-8(10)11/h6-7,9H,2-5H2,1H3,(H,10,11). The Morgan fingerprint density at radius 2 is 2.36 bits per heavy atom. The molecule has 64 valence electrons. The number of carboxylic acids is 1. The molecule has 0 aromatic heterocycles. The lowest BCUT2D eigenvalue weighted by Crippen LogP contribution is -2.29. The molecule has 0 bridgehead atoms. The second-order valence-electron chi connectivity index (χ2n) is 3.22. The monoisotopic (exact) mass is 157 g/mol. The minimum absolute atomic E-state index is 0.233. The molecule has 3 heteroatoms. The van der Waals surface area contributed by atoms with E-state index in [-0.39, 0.29) is 6.42 Å². The smallest absolute Gasteiger partial charge is 0.304 e. The molecule has 0 heterocycles. The molecule has 0 saturated heterocycles. The van der Waals surface area contributed by atoms with Gasteiger partial charge in [0.05, 0.1) is 6.42 Å². The molecule has 1 atom stereocenters. The minimum Gasteiger partial charge on any atom is -0.481 e. The predicted octanol–water partition coefficient (Wildman–Crippen LogP) is 0.849. The molecule has 0 amide bonds. The maximum Gasteiger partial charge on any atom is 0.304 e. The second-order valence-corrected chi connectivity index (χ2v) is 3.22. The highest BCUT2D eigenvalue weighted by Crippen LogP contribution is 2.32. The summed E-state index contributed by atoms with van der Waals surface area (Å²) in [4.78, 5) is 10.1. The number of carbonyl (C=O) groups is 1. The van der Waals surface area contributed by atoms with Gasteiger partial charge in [-0.3, -0.25) is 4.79 Å². The molecule has 0 radical (unpaired) electrons. The van der Waals surface area contributed by atoms with E-state index in [1.165, 1.54) is 12.8 Å². The van der Waals surface area contributed by atoms with Gasteiger partial charge in [-0.2, -0.15) is 0 Å². The maximum atomic E-state index is 10.1. The molecule has 11 heavy (non-hydrogen) atoms. The molecular formula is C8H15NO2. The molecule has 0 aromatic carbocycles. The third kappa shape index (κ3) is 3.37. The van der Waals surface area contributed by atoms with Crippen LogP contribution in [0.2, 0.25) is 0 Å². The largest absolute Gasteiger partial charge is 0.481 e. The van der Waals surface area contributed by atoms with Gasteiger partial charge < -0.3 is 10.4 Å². The first-order chi connectivity index (χ1) is 5.20. The van der Waals surface area contributed by atoms with Crippen molar-refractivity contribution >= 4 is 5.97 Å². The predicted molar refractivity (Wildman–Crippen MR) is 42.4 cm³/mol. The van der Waals surface area contributed by atoms with E-state index >= 15 is 0 Å². The van der Waals surface area contributed by atoms with Crippen LogP contribution in [0, 0.1) is 5.92 Å². The fraction of sp³-hybridized carbons (Fsp3) is 0.875. The fourth-order valence-corrected chi connectivity index (χ4v) is 1.17. The van der Waals surface area contributed by atoms with Gasteiger partial charge in [-0.15, -0.1) is 0 Å². The molecule has 1 fully saturated rings. The summed E-state index contributed by atoms with van der Waals surface area (Å²) in [5, 5.41) is 11.5. The van der Waals surface area contributed by atoms with Gasteiger partial charge in [-0.25, -0.2) is 0 Å². The van der Waals surface area contributed by atoms with Crippen molar-refractivity contribution in [2.75, 3.05) is 6.54 Å². The molecule has 1 aliphatic carbocycles. The lowest BCUT2D eigenvalue weighted by molar-refractivity contribution is -0.136. The van der Waals surface area contributed by atoms with Crippen molar-refractivity contribution in [3.63, 3.8) is 0 Å². The number of hydrogen-bond acceptors (Lipinski definition) is 2. The van der Waals surface area contributed by atoms with Crippen LogP contribution in [0.5, 0.6) is 0 Å². The van der Waals surface area contributed by atoms with E-state index in [1.54, 1.807) is 0 Å². The van der Waals surface area contributed by atoms with Gasteiger partial charge in [0.25, 0.3) is 0 Å². The lowest BCUT2D eigenvalue weighted by Gasteiger charge is -2.10. The summed E-state index contributed by atoms with van der Waals surface area (Å²) in [7, 11) is 0. The van der Waals surface area contributed by atoms with Crippen molar-refractivity contribution in [3.05, 3.63) is 0 Å². The highest BCUT2D eigenvalue weighted by Gasteiger charge is 2.27. The zero-order valence-corrected chi connectivity index (χ0v) is 6.84. The van der Waals surface area contributed by atoms with Gasteiger partial charge in [-0.05, 0) is 25.7 Å². The van der Waals surface area contributed by atoms with Gasteiger partial charge in [0.1, 0.15) is 0 Å². The van der Waals surface area contributed by atoms with Crippen molar-refractivity contribution in [3.8, 4) is 0 Å². The van der Waals surface area contributed by atoms with E-state index in [0.717, 1.165) is 5.92 Å². The Labute approximate surface area is 66.8 Å². The Morgan fingerprint density at radius 1 is 1.73 bits per heavy atom. The Kier molecular flexibility index (Phi) is 2.88. The summed E-state index contributed by atoms with van der Waals surface area (Å²) in [6, 6.07) is 0.509. The molecule has 2 N–H and O–H groups in total. The summed E-state index contributed by atoms with van der Waals surface area (Å²) >= 11 is 0. The quantitative estimate of drug-likeness (QED) is 0.622. The highest BCUT2D eigenvalue weighted by molar-refractivity contribution is 5.66. The van der Waals surface area contributed by atoms with Crippen molar-refractivity contribution in [2.45, 2.75) is 32.2 Å². The van der Waals surface area contributed by atoms with Gasteiger partial charge >= 0.3 is 5.97 Å². The fourth-order valence-electron chi connectivity index (χ4n) is 1.17. The second kappa shape index (κ2) is 3.72. The van der Waals surface area contributed by atoms with E-state index < -0.39 is 5.97 Å². The molecule has 0 spiro atoms. The van der Waals surface area contributed by atoms with E-state index in [2.05, 4.69) is 12.2 Å². The average molecular weight is 157 g/mol. The Balaban J connectivity index is 1.97. The van der Waals surface area contributed by atoms with Crippen molar-refractivity contribution in [2.24, 2.45) is 5.92 Å². The summed E-state index contributed by atoms with van der Waals surface area (Å²) < 4.78 is 0. The summed E-state index contributed by atoms with van der Waals surface area (Å²) in [6.07, 6.45) is 2.85. The van der Waals surface area contributed by atoms with Crippen LogP contribution in [-0.2, 0) is 4.79 Å². The van der Waals surface area contributed by atoms with Crippen molar-refractivity contribution in [1.29, 1.82) is 0 Å². The Bertz CT molecular complexity index is 143. The average Bonchev–Trinajstić information content (AvgIpc) is 2.66. The van der Waals surface area contributed by atoms with E-state index in [4.69, 9.17) is 5.11 Å². The molecule has 3 nitrogen and oxygen atoms in total. The van der Waals surface area contributed by atoms with E-state index in [9.17, 15) is 4.79 Å². The molecule has 1 saturated carbocycles. The van der Waals surface area contributed by atoms with Gasteiger partial charge in [-0.1, -0.05) is 0 Å². The normalized spacial score (nSPS) is 19.7. The van der Waals surface area contributed by atoms with E-state index in [0.29, 0.717) is 12.6 Å². The Morgan fingerprint density at radius 3 is 2.82 bits per heavy atom. The summed E-state index contributed by atoms with van der Waals surface area (Å²) in [6.45, 7) is 2.73. The van der Waals surface area contributed by atoms with Crippen molar-refractivity contribution in [1.82, 2.24) is 5.32 Å². The van der Waals surface area contributed by atoms with Crippen LogP contribution < -0.4 is 5.32 Å². The highest BCUT2D eigenvalue weighted by atomic mass is 16.4. The zero-order chi connectivity index (χ0) is 8.27. The van der Waals surface area contributed by atoms with Crippen LogP contribution >= 0.6 is 0 Å². The Hall–Kier alpha value is -0.570. The number of carboxylic acid groups (broad SMARTS) is 1. The summed E-state index contributed by atoms with van der Waals surface area (Å²) in [5.41, 5.74) is 0. The number of rotatable bonds is 5. The maximum absolute atomic E-state index is 10.1. The molecular weight excluding hydrogens is 142 g/mol. The van der Waals surface area contributed by atoms with Gasteiger partial charge in [0, 0.05) is 12.6 Å². The first kappa shape index (κ1) is 8.53. The van der Waals surface area contributed by atoms with E-state index in [1.807, 2.05) is 0 Å². The summed E-state index contributed by atoms with van der Waals surface area (Å²) in [5.74, 6) is 0.0873. The SMILES string of the molecule is CC(NCCC(=O)O)C1CC1. The molecule has 1 unspecified atom stereocenters. The third-order valence-corrected chi connectivity index (χ3v) is 2.13. The zero-order valence-electron chi connectivity index (χ0n) is 6.84. The van der Waals surface area contributed by atoms with Crippen LogP contribution in [0.1, 0.15) is 26.2 Å². The van der Waals surface area contributed by atoms with Crippen LogP contribution in [0.25, 0.3) is 0 Å². The van der Waals surface area contributed by atoms with Gasteiger partial charge in [0.2, 0.25) is 0 Å². The first-order valence-electron chi connectivity index (χ1n) is 4.15. The molecule has 0 aliphatic heterocycles. The third-order valence-electron chi connectivity index (χ3n) is 2.13. The van der Waals surface area contributed by atoms with Crippen LogP contribution in [0.15, 0.2) is 0 Å². The number of hydrogen-bond donors (Lipinski definition) is 2. The molecule has 0 aromatic rings. The number of nitrogens with one attached hydrogen (secondary N) is 1. The van der Waals surface area contributed by atoms with Crippen LogP contribution in [0.3, 0.4) is 0 Å². The minimum atomic E-state index is -0.722. The van der Waals surface area contributed by atoms with Crippen molar-refractivity contribution < 1.29 is 9.90 Å². The van der Waals surface area contributed by atoms with Crippen LogP contribution in [-0.4, -0.2) is 23.7 Å². The topological polar surface area (TPSA) is 49.3 Å². The first-order valence-corrected chi connectivity index (χ1v) is 4.15. The number of aliphatic carboxylic acids is 1. The molecule has 1 aliphatic rings. The lowest BCUT2D eigenvalue weighted by atomic mass is 10.2.